The predicted octanol–water partition coefficient (Wildman–Crippen LogP) is 2.93. The Labute approximate surface area is 170 Å². The zero-order valence-electron chi connectivity index (χ0n) is 16.7. The third-order valence-electron chi connectivity index (χ3n) is 5.39. The van der Waals surface area contributed by atoms with Crippen LogP contribution in [0.4, 0.5) is 5.82 Å². The van der Waals surface area contributed by atoms with Gasteiger partial charge in [-0.1, -0.05) is 36.9 Å². The summed E-state index contributed by atoms with van der Waals surface area (Å²) in [5.41, 5.74) is 2.04. The third kappa shape index (κ3) is 4.05. The fraction of sp³-hybridized carbons (Fsp3) is 0.364. The topological polar surface area (TPSA) is 84.2 Å². The first kappa shape index (κ1) is 19.3. The predicted molar refractivity (Wildman–Crippen MR) is 110 cm³/mol. The molecule has 2 aromatic heterocycles. The molecule has 0 bridgehead atoms. The van der Waals surface area contributed by atoms with E-state index >= 15 is 0 Å². The van der Waals surface area contributed by atoms with Gasteiger partial charge in [0.15, 0.2) is 0 Å². The van der Waals surface area contributed by atoms with Crippen LogP contribution in [0.2, 0.25) is 0 Å². The maximum Gasteiger partial charge on any atom is 0.245 e. The van der Waals surface area contributed by atoms with Gasteiger partial charge in [0.2, 0.25) is 17.7 Å². The smallest absolute Gasteiger partial charge is 0.245 e. The van der Waals surface area contributed by atoms with Crippen molar-refractivity contribution in [3.63, 3.8) is 0 Å². The van der Waals surface area contributed by atoms with E-state index < -0.39 is 0 Å². The van der Waals surface area contributed by atoms with Gasteiger partial charge in [0.05, 0.1) is 19.0 Å². The second-order valence-electron chi connectivity index (χ2n) is 7.49. The van der Waals surface area contributed by atoms with Gasteiger partial charge in [0.1, 0.15) is 5.82 Å². The summed E-state index contributed by atoms with van der Waals surface area (Å²) in [7, 11) is 1.78. The lowest BCUT2D eigenvalue weighted by Crippen LogP contribution is -2.46. The Hall–Kier alpha value is -3.06. The summed E-state index contributed by atoms with van der Waals surface area (Å²) in [5.74, 6) is 2.42. The minimum Gasteiger partial charge on any atom is -0.424 e. The zero-order valence-corrected chi connectivity index (χ0v) is 16.7. The van der Waals surface area contributed by atoms with Crippen LogP contribution in [-0.2, 0) is 17.8 Å². The summed E-state index contributed by atoms with van der Waals surface area (Å²) in [6, 6.07) is 3.72. The van der Waals surface area contributed by atoms with Gasteiger partial charge < -0.3 is 4.42 Å². The summed E-state index contributed by atoms with van der Waals surface area (Å²) in [6.45, 7) is 6.30. The molecule has 1 aliphatic carbocycles. The first-order valence-electron chi connectivity index (χ1n) is 9.82. The number of carbonyl (C=O) groups excluding carboxylic acids is 1. The van der Waals surface area contributed by atoms with Gasteiger partial charge >= 0.3 is 0 Å². The Morgan fingerprint density at radius 1 is 1.38 bits per heavy atom. The number of allylic oxidation sites excluding steroid dienone is 5. The van der Waals surface area contributed by atoms with Crippen LogP contribution in [0.3, 0.4) is 0 Å². The normalized spacial score (nSPS) is 23.3. The lowest BCUT2D eigenvalue weighted by atomic mass is 10.1. The van der Waals surface area contributed by atoms with E-state index in [2.05, 4.69) is 33.1 Å². The molecule has 0 saturated heterocycles. The Morgan fingerprint density at radius 3 is 3.03 bits per heavy atom. The number of aromatic nitrogens is 3. The van der Waals surface area contributed by atoms with Crippen molar-refractivity contribution in [2.45, 2.75) is 38.3 Å². The number of nitrogens with zero attached hydrogens (tertiary/aromatic N) is 4. The van der Waals surface area contributed by atoms with Gasteiger partial charge in [-0.05, 0) is 42.4 Å². The Kier molecular flexibility index (Phi) is 5.40. The molecule has 7 heteroatoms. The molecule has 0 radical (unpaired) electrons. The molecule has 150 valence electrons. The minimum atomic E-state index is -0.284. The second kappa shape index (κ2) is 8.13. The number of anilines is 1. The summed E-state index contributed by atoms with van der Waals surface area (Å²) >= 11 is 0. The van der Waals surface area contributed by atoms with Crippen molar-refractivity contribution in [2.75, 3.05) is 11.9 Å². The molecular formula is C22H25N5O2. The monoisotopic (exact) mass is 391 g/mol. The van der Waals surface area contributed by atoms with Crippen LogP contribution in [0.25, 0.3) is 0 Å². The molecule has 2 aromatic rings. The first-order chi connectivity index (χ1) is 14.1. The van der Waals surface area contributed by atoms with E-state index in [0.717, 1.165) is 23.4 Å². The van der Waals surface area contributed by atoms with Crippen LogP contribution in [0.1, 0.15) is 36.6 Å². The highest BCUT2D eigenvalue weighted by molar-refractivity contribution is 5.98. The largest absolute Gasteiger partial charge is 0.424 e. The molecular weight excluding hydrogens is 366 g/mol. The molecule has 0 aromatic carbocycles. The number of pyridine rings is 1. The van der Waals surface area contributed by atoms with E-state index in [1.165, 1.54) is 0 Å². The number of nitrogens with one attached hydrogen (secondary N) is 1. The van der Waals surface area contributed by atoms with Crippen LogP contribution in [-0.4, -0.2) is 34.2 Å². The number of carbonyl (C=O) groups is 1. The number of fused-ring (bicyclic) bond motifs is 3. The van der Waals surface area contributed by atoms with E-state index in [1.54, 1.807) is 18.1 Å². The average Bonchev–Trinajstić information content (AvgIpc) is 3.39. The molecule has 4 rings (SSSR count). The van der Waals surface area contributed by atoms with E-state index in [0.29, 0.717) is 30.7 Å². The highest BCUT2D eigenvalue weighted by Gasteiger charge is 2.51. The molecule has 1 fully saturated rings. The molecule has 29 heavy (non-hydrogen) atoms. The van der Waals surface area contributed by atoms with Crippen molar-refractivity contribution >= 4 is 11.7 Å². The van der Waals surface area contributed by atoms with Crippen LogP contribution in [0.5, 0.6) is 0 Å². The number of hydrogen-bond acceptors (Lipinski definition) is 6. The van der Waals surface area contributed by atoms with E-state index in [4.69, 9.17) is 4.42 Å². The standard InChI is InChI=1S/C22H25N5O2/c1-4-5-6-8-14(2)11-18-25-26-19(29-18)13-24-20-17-12-16(17)15-9-7-10-23-21(15)27(3)22(20)28/h4-10,16-17,20,24H,2,11-13H2,1,3H3/b5-4-,8-6-/t16-,17-,20-/m0/s1. The summed E-state index contributed by atoms with van der Waals surface area (Å²) in [6.07, 6.45) is 10.9. The molecule has 7 nitrogen and oxygen atoms in total. The molecule has 0 unspecified atom stereocenters. The highest BCUT2D eigenvalue weighted by Crippen LogP contribution is 2.53. The molecule has 1 amide bonds. The molecule has 2 aliphatic rings. The SMILES string of the molecule is C=C(/C=C\C=C/C)Cc1nnc(CN[C@@H]2C(=O)N(C)c3ncccc3[C@@H]3C[C@H]23)o1. The Balaban J connectivity index is 1.38. The van der Waals surface area contributed by atoms with Crippen molar-refractivity contribution in [2.24, 2.45) is 5.92 Å². The fourth-order valence-corrected chi connectivity index (χ4v) is 3.84. The van der Waals surface area contributed by atoms with Crippen LogP contribution in [0, 0.1) is 5.92 Å². The van der Waals surface area contributed by atoms with Gasteiger partial charge in [-0.25, -0.2) is 4.98 Å². The molecule has 1 N–H and O–H groups in total. The highest BCUT2D eigenvalue weighted by atomic mass is 16.4. The second-order valence-corrected chi connectivity index (χ2v) is 7.49. The van der Waals surface area contributed by atoms with Gasteiger partial charge in [-0.15, -0.1) is 10.2 Å². The minimum absolute atomic E-state index is 0.0252. The molecule has 3 heterocycles. The quantitative estimate of drug-likeness (QED) is 0.731. The fourth-order valence-electron chi connectivity index (χ4n) is 3.84. The Bertz CT molecular complexity index is 977. The molecule has 1 aliphatic heterocycles. The number of amides is 1. The first-order valence-corrected chi connectivity index (χ1v) is 9.82. The zero-order chi connectivity index (χ0) is 20.4. The summed E-state index contributed by atoms with van der Waals surface area (Å²) in [4.78, 5) is 19.0. The van der Waals surface area contributed by atoms with Gasteiger partial charge in [-0.3, -0.25) is 15.0 Å². The Morgan fingerprint density at radius 2 is 2.21 bits per heavy atom. The maximum absolute atomic E-state index is 13.0. The lowest BCUT2D eigenvalue weighted by molar-refractivity contribution is -0.120. The lowest BCUT2D eigenvalue weighted by Gasteiger charge is -2.22. The van der Waals surface area contributed by atoms with Crippen LogP contribution >= 0.6 is 0 Å². The third-order valence-corrected chi connectivity index (χ3v) is 5.39. The van der Waals surface area contributed by atoms with Crippen LogP contribution in [0.15, 0.2) is 59.2 Å². The van der Waals surface area contributed by atoms with Crippen molar-refractivity contribution in [1.29, 1.82) is 0 Å². The summed E-state index contributed by atoms with van der Waals surface area (Å²) in [5, 5.41) is 11.5. The average molecular weight is 391 g/mol. The van der Waals surface area contributed by atoms with E-state index in [-0.39, 0.29) is 17.9 Å². The molecule has 0 spiro atoms. The number of likely N-dealkylation sites (N-methyl/N-ethyl adjacent to an activating group) is 1. The van der Waals surface area contributed by atoms with Gasteiger partial charge in [0.25, 0.3) is 0 Å². The van der Waals surface area contributed by atoms with Crippen LogP contribution < -0.4 is 10.2 Å². The summed E-state index contributed by atoms with van der Waals surface area (Å²) < 4.78 is 5.72. The van der Waals surface area contributed by atoms with Crippen molar-refractivity contribution < 1.29 is 9.21 Å². The molecule has 3 atom stereocenters. The van der Waals surface area contributed by atoms with Gasteiger partial charge in [-0.2, -0.15) is 0 Å². The van der Waals surface area contributed by atoms with Crippen molar-refractivity contribution in [3.05, 3.63) is 72.1 Å². The van der Waals surface area contributed by atoms with Crippen molar-refractivity contribution in [1.82, 2.24) is 20.5 Å². The van der Waals surface area contributed by atoms with E-state index in [9.17, 15) is 4.79 Å². The van der Waals surface area contributed by atoms with Crippen molar-refractivity contribution in [3.8, 4) is 0 Å². The molecule has 1 saturated carbocycles. The number of rotatable bonds is 7. The maximum atomic E-state index is 13.0. The number of hydrogen-bond donors (Lipinski definition) is 1. The van der Waals surface area contributed by atoms with E-state index in [1.807, 2.05) is 37.3 Å². The van der Waals surface area contributed by atoms with Gasteiger partial charge in [0, 0.05) is 13.2 Å².